The van der Waals surface area contributed by atoms with E-state index in [4.69, 9.17) is 9.15 Å². The number of carbonyl (C=O) groups excluding carboxylic acids is 2. The molecule has 0 saturated carbocycles. The van der Waals surface area contributed by atoms with Crippen molar-refractivity contribution in [2.75, 3.05) is 51.3 Å². The summed E-state index contributed by atoms with van der Waals surface area (Å²) in [5, 5.41) is 6.07. The Morgan fingerprint density at radius 1 is 1.00 bits per heavy atom. The van der Waals surface area contributed by atoms with Gasteiger partial charge in [0.2, 0.25) is 5.91 Å². The average Bonchev–Trinajstić information content (AvgIpc) is 3.23. The molecule has 3 heterocycles. The van der Waals surface area contributed by atoms with Gasteiger partial charge in [-0.2, -0.15) is 0 Å². The van der Waals surface area contributed by atoms with Crippen molar-refractivity contribution in [2.24, 2.45) is 0 Å². The molecule has 2 aliphatic heterocycles. The Balaban J connectivity index is 1.17. The summed E-state index contributed by atoms with van der Waals surface area (Å²) >= 11 is 0. The Bertz CT molecular complexity index is 897. The average molecular weight is 441 g/mol. The van der Waals surface area contributed by atoms with Crippen LogP contribution in [-0.4, -0.2) is 73.6 Å². The number of ether oxygens (including phenoxy) is 1. The van der Waals surface area contributed by atoms with Crippen molar-refractivity contribution < 1.29 is 18.7 Å². The van der Waals surface area contributed by atoms with Gasteiger partial charge >= 0.3 is 0 Å². The number of hydrogen-bond acceptors (Lipinski definition) is 6. The molecule has 2 amide bonds. The van der Waals surface area contributed by atoms with E-state index in [1.807, 2.05) is 12.1 Å². The lowest BCUT2D eigenvalue weighted by molar-refractivity contribution is -0.117. The smallest absolute Gasteiger partial charge is 0.255 e. The van der Waals surface area contributed by atoms with E-state index in [9.17, 15) is 9.59 Å². The second-order valence-corrected chi connectivity index (χ2v) is 8.55. The topological polar surface area (TPSA) is 87.0 Å². The van der Waals surface area contributed by atoms with Crippen LogP contribution in [0.2, 0.25) is 0 Å². The molecule has 0 unspecified atom stereocenters. The second kappa shape index (κ2) is 10.8. The highest BCUT2D eigenvalue weighted by Crippen LogP contribution is 2.15. The highest BCUT2D eigenvalue weighted by Gasteiger charge is 2.23. The third-order valence-electron chi connectivity index (χ3n) is 6.14. The van der Waals surface area contributed by atoms with E-state index in [0.29, 0.717) is 17.9 Å². The minimum absolute atomic E-state index is 0.0116. The van der Waals surface area contributed by atoms with Crippen molar-refractivity contribution >= 4 is 17.5 Å². The lowest BCUT2D eigenvalue weighted by atomic mass is 10.0. The molecule has 0 spiro atoms. The quantitative estimate of drug-likeness (QED) is 0.687. The van der Waals surface area contributed by atoms with E-state index in [1.54, 1.807) is 13.0 Å². The van der Waals surface area contributed by atoms with E-state index in [-0.39, 0.29) is 17.9 Å². The van der Waals surface area contributed by atoms with Crippen LogP contribution in [0, 0.1) is 6.92 Å². The summed E-state index contributed by atoms with van der Waals surface area (Å²) in [5.74, 6) is 0.526. The molecule has 2 N–H and O–H groups in total. The van der Waals surface area contributed by atoms with Gasteiger partial charge in [0.15, 0.2) is 0 Å². The maximum atomic E-state index is 12.5. The minimum atomic E-state index is -0.0930. The van der Waals surface area contributed by atoms with Gasteiger partial charge in [-0.15, -0.1) is 0 Å². The Kier molecular flexibility index (Phi) is 7.57. The number of amides is 2. The van der Waals surface area contributed by atoms with E-state index in [0.717, 1.165) is 64.5 Å². The maximum absolute atomic E-state index is 12.5. The molecular weight excluding hydrogens is 408 g/mol. The highest BCUT2D eigenvalue weighted by atomic mass is 16.5. The number of carbonyl (C=O) groups is 2. The Labute approximate surface area is 188 Å². The van der Waals surface area contributed by atoms with Crippen LogP contribution in [0.1, 0.15) is 34.5 Å². The van der Waals surface area contributed by atoms with Crippen molar-refractivity contribution in [3.05, 3.63) is 53.5 Å². The summed E-state index contributed by atoms with van der Waals surface area (Å²) in [7, 11) is 0. The van der Waals surface area contributed by atoms with E-state index in [1.165, 1.54) is 11.8 Å². The monoisotopic (exact) mass is 440 g/mol. The van der Waals surface area contributed by atoms with E-state index in [2.05, 4.69) is 32.6 Å². The molecule has 32 heavy (non-hydrogen) atoms. The molecule has 8 nitrogen and oxygen atoms in total. The zero-order valence-corrected chi connectivity index (χ0v) is 18.6. The molecule has 2 aliphatic rings. The molecule has 4 rings (SSSR count). The van der Waals surface area contributed by atoms with Crippen LogP contribution in [0.25, 0.3) is 0 Å². The number of benzene rings is 1. The summed E-state index contributed by atoms with van der Waals surface area (Å²) in [4.78, 5) is 29.3. The number of nitrogens with one attached hydrogen (secondary N) is 2. The molecule has 1 aromatic heterocycles. The molecule has 2 aromatic rings. The highest BCUT2D eigenvalue weighted by molar-refractivity contribution is 5.95. The van der Waals surface area contributed by atoms with Crippen LogP contribution >= 0.6 is 0 Å². The first-order chi connectivity index (χ1) is 15.6. The zero-order chi connectivity index (χ0) is 22.3. The largest absolute Gasteiger partial charge is 0.469 e. The SMILES string of the molecule is Cc1occc1C(=O)NC1CCN(CC(=O)Nc2ccc(CN3CCOCC3)cc2)CC1. The van der Waals surface area contributed by atoms with Gasteiger partial charge in [0.05, 0.1) is 31.6 Å². The Morgan fingerprint density at radius 3 is 2.38 bits per heavy atom. The zero-order valence-electron chi connectivity index (χ0n) is 18.6. The summed E-state index contributed by atoms with van der Waals surface area (Å²) < 4.78 is 10.6. The third kappa shape index (κ3) is 6.18. The van der Waals surface area contributed by atoms with Gasteiger partial charge in [0.1, 0.15) is 5.76 Å². The number of morpholine rings is 1. The van der Waals surface area contributed by atoms with Gasteiger partial charge in [-0.05, 0) is 43.5 Å². The fourth-order valence-corrected chi connectivity index (χ4v) is 4.23. The Morgan fingerprint density at radius 2 is 1.72 bits per heavy atom. The lowest BCUT2D eigenvalue weighted by Crippen LogP contribution is -2.46. The molecular formula is C24H32N4O4. The van der Waals surface area contributed by atoms with Crippen LogP contribution in [-0.2, 0) is 16.1 Å². The number of anilines is 1. The number of nitrogens with zero attached hydrogens (tertiary/aromatic N) is 2. The van der Waals surface area contributed by atoms with Crippen molar-refractivity contribution in [1.82, 2.24) is 15.1 Å². The van der Waals surface area contributed by atoms with Gasteiger partial charge in [-0.3, -0.25) is 19.4 Å². The van der Waals surface area contributed by atoms with Gasteiger partial charge in [-0.1, -0.05) is 12.1 Å². The molecule has 2 fully saturated rings. The number of hydrogen-bond donors (Lipinski definition) is 2. The fourth-order valence-electron chi connectivity index (χ4n) is 4.23. The van der Waals surface area contributed by atoms with Crippen LogP contribution in [0.15, 0.2) is 41.0 Å². The van der Waals surface area contributed by atoms with Crippen molar-refractivity contribution in [3.8, 4) is 0 Å². The summed E-state index contributed by atoms with van der Waals surface area (Å²) in [5.41, 5.74) is 2.64. The minimum Gasteiger partial charge on any atom is -0.469 e. The molecule has 0 radical (unpaired) electrons. The molecule has 1 aromatic carbocycles. The van der Waals surface area contributed by atoms with Crippen molar-refractivity contribution in [2.45, 2.75) is 32.4 Å². The van der Waals surface area contributed by atoms with E-state index < -0.39 is 0 Å². The number of likely N-dealkylation sites (tertiary alicyclic amines) is 1. The van der Waals surface area contributed by atoms with Crippen LogP contribution in [0.4, 0.5) is 5.69 Å². The number of furan rings is 1. The third-order valence-corrected chi connectivity index (χ3v) is 6.14. The van der Waals surface area contributed by atoms with Crippen molar-refractivity contribution in [1.29, 1.82) is 0 Å². The lowest BCUT2D eigenvalue weighted by Gasteiger charge is -2.31. The number of aryl methyl sites for hydroxylation is 1. The van der Waals surface area contributed by atoms with Gasteiger partial charge in [-0.25, -0.2) is 0 Å². The predicted octanol–water partition coefficient (Wildman–Crippen LogP) is 2.25. The second-order valence-electron chi connectivity index (χ2n) is 8.55. The molecule has 172 valence electrons. The molecule has 0 bridgehead atoms. The van der Waals surface area contributed by atoms with Gasteiger partial charge < -0.3 is 19.8 Å². The van der Waals surface area contributed by atoms with Gasteiger partial charge in [0, 0.05) is 44.5 Å². The van der Waals surface area contributed by atoms with Crippen LogP contribution in [0.5, 0.6) is 0 Å². The van der Waals surface area contributed by atoms with Crippen LogP contribution in [0.3, 0.4) is 0 Å². The summed E-state index contributed by atoms with van der Waals surface area (Å²) in [6.45, 7) is 8.11. The standard InChI is InChI=1S/C24H32N4O4/c1-18-22(8-13-32-18)24(30)26-21-6-9-27(10-7-21)17-23(29)25-20-4-2-19(3-5-20)16-28-11-14-31-15-12-28/h2-5,8,13,21H,6-7,9-12,14-17H2,1H3,(H,25,29)(H,26,30). The number of rotatable bonds is 7. The predicted molar refractivity (Wildman–Crippen MR) is 122 cm³/mol. The first kappa shape index (κ1) is 22.5. The molecule has 0 aliphatic carbocycles. The maximum Gasteiger partial charge on any atom is 0.255 e. The normalized spacial score (nSPS) is 18.4. The van der Waals surface area contributed by atoms with Gasteiger partial charge in [0.25, 0.3) is 5.91 Å². The molecule has 8 heteroatoms. The van der Waals surface area contributed by atoms with Crippen LogP contribution < -0.4 is 10.6 Å². The summed E-state index contributed by atoms with van der Waals surface area (Å²) in [6.07, 6.45) is 3.18. The molecule has 2 saturated heterocycles. The Hall–Kier alpha value is -2.68. The fraction of sp³-hybridized carbons (Fsp3) is 0.500. The summed E-state index contributed by atoms with van der Waals surface area (Å²) in [6, 6.07) is 9.89. The van der Waals surface area contributed by atoms with E-state index >= 15 is 0 Å². The first-order valence-electron chi connectivity index (χ1n) is 11.3. The first-order valence-corrected chi connectivity index (χ1v) is 11.3. The molecule has 0 atom stereocenters. The van der Waals surface area contributed by atoms with Crippen molar-refractivity contribution in [3.63, 3.8) is 0 Å². The number of piperidine rings is 1.